The molecule has 176 valence electrons. The van der Waals surface area contributed by atoms with Gasteiger partial charge < -0.3 is 25.6 Å². The van der Waals surface area contributed by atoms with Crippen LogP contribution in [0.3, 0.4) is 0 Å². The smallest absolute Gasteiger partial charge is 0.407 e. The van der Waals surface area contributed by atoms with Gasteiger partial charge in [-0.1, -0.05) is 62.4 Å². The van der Waals surface area contributed by atoms with E-state index in [0.717, 1.165) is 29.2 Å². The second-order valence-electron chi connectivity index (χ2n) is 8.88. The van der Waals surface area contributed by atoms with E-state index in [9.17, 15) is 19.5 Å². The fourth-order valence-electron chi connectivity index (χ4n) is 3.86. The minimum atomic E-state index is -2.07. The normalized spacial score (nSPS) is 15.2. The van der Waals surface area contributed by atoms with E-state index >= 15 is 0 Å². The van der Waals surface area contributed by atoms with Crippen molar-refractivity contribution >= 4 is 18.0 Å². The van der Waals surface area contributed by atoms with Crippen molar-refractivity contribution in [1.82, 2.24) is 10.6 Å². The maximum absolute atomic E-state index is 12.5. The van der Waals surface area contributed by atoms with Gasteiger partial charge in [0, 0.05) is 18.4 Å². The van der Waals surface area contributed by atoms with E-state index in [1.54, 1.807) is 0 Å². The standard InChI is InChI=1S/C25H30N2O6/c1-15(2)21(12-22(28)26-14-25(3,32)23(29)30)27-24(31)33-13-20-18-10-6-4-8-16(18)17-9-5-7-11-19(17)20/h4-11,15,20-21,32H,12-14H2,1-3H3,(H,26,28)(H,27,31)(H,29,30)/t21-,25?/m0/s1. The number of carboxylic acids is 1. The molecule has 33 heavy (non-hydrogen) atoms. The van der Waals surface area contributed by atoms with E-state index < -0.39 is 36.2 Å². The zero-order valence-electron chi connectivity index (χ0n) is 19.0. The van der Waals surface area contributed by atoms with Crippen molar-refractivity contribution in [3.05, 3.63) is 59.7 Å². The minimum Gasteiger partial charge on any atom is -0.479 e. The summed E-state index contributed by atoms with van der Waals surface area (Å²) in [6.45, 7) is 4.55. The Morgan fingerprint density at radius 3 is 2.09 bits per heavy atom. The van der Waals surface area contributed by atoms with Crippen LogP contribution in [0.4, 0.5) is 4.79 Å². The molecule has 1 aliphatic carbocycles. The summed E-state index contributed by atoms with van der Waals surface area (Å²) in [6.07, 6.45) is -0.696. The number of benzene rings is 2. The number of fused-ring (bicyclic) bond motifs is 3. The van der Waals surface area contributed by atoms with E-state index in [4.69, 9.17) is 9.84 Å². The number of amides is 2. The van der Waals surface area contributed by atoms with Crippen molar-refractivity contribution in [2.75, 3.05) is 13.2 Å². The lowest BCUT2D eigenvalue weighted by molar-refractivity contribution is -0.156. The number of alkyl carbamates (subject to hydrolysis) is 1. The third-order valence-corrected chi connectivity index (χ3v) is 5.95. The van der Waals surface area contributed by atoms with Crippen LogP contribution in [-0.4, -0.2) is 53.0 Å². The molecule has 0 radical (unpaired) electrons. The molecule has 2 aromatic rings. The Labute approximate surface area is 193 Å². The molecular weight excluding hydrogens is 424 g/mol. The zero-order valence-corrected chi connectivity index (χ0v) is 19.0. The van der Waals surface area contributed by atoms with Crippen molar-refractivity contribution in [2.24, 2.45) is 5.92 Å². The molecule has 4 N–H and O–H groups in total. The Morgan fingerprint density at radius 2 is 1.58 bits per heavy atom. The summed E-state index contributed by atoms with van der Waals surface area (Å²) in [5.41, 5.74) is 2.42. The number of nitrogens with one attached hydrogen (secondary N) is 2. The largest absolute Gasteiger partial charge is 0.479 e. The molecule has 2 amide bonds. The summed E-state index contributed by atoms with van der Waals surface area (Å²) in [5, 5.41) is 23.8. The molecule has 0 aromatic heterocycles. The van der Waals surface area contributed by atoms with Gasteiger partial charge in [-0.3, -0.25) is 4.79 Å². The number of ether oxygens (including phenoxy) is 1. The van der Waals surface area contributed by atoms with E-state index in [1.807, 2.05) is 50.2 Å². The third-order valence-electron chi connectivity index (χ3n) is 5.95. The summed E-state index contributed by atoms with van der Waals surface area (Å²) < 4.78 is 5.55. The number of carbonyl (C=O) groups is 3. The number of carbonyl (C=O) groups excluding carboxylic acids is 2. The predicted molar refractivity (Wildman–Crippen MR) is 123 cm³/mol. The van der Waals surface area contributed by atoms with Crippen LogP contribution in [0.25, 0.3) is 11.1 Å². The molecule has 2 aromatic carbocycles. The summed E-state index contributed by atoms with van der Waals surface area (Å²) in [4.78, 5) is 35.8. The van der Waals surface area contributed by atoms with Crippen molar-refractivity contribution < 1.29 is 29.3 Å². The van der Waals surface area contributed by atoms with Crippen LogP contribution in [0, 0.1) is 5.92 Å². The molecule has 0 aliphatic heterocycles. The van der Waals surface area contributed by atoms with Crippen molar-refractivity contribution in [2.45, 2.75) is 44.8 Å². The summed E-state index contributed by atoms with van der Waals surface area (Å²) in [5.74, 6) is -2.05. The van der Waals surface area contributed by atoms with Crippen LogP contribution in [0.5, 0.6) is 0 Å². The minimum absolute atomic E-state index is 0.0674. The van der Waals surface area contributed by atoms with Gasteiger partial charge in [-0.05, 0) is 35.1 Å². The number of hydrogen-bond acceptors (Lipinski definition) is 5. The Balaban J connectivity index is 1.58. The number of hydrogen-bond donors (Lipinski definition) is 4. The lowest BCUT2D eigenvalue weighted by atomic mass is 9.98. The summed E-state index contributed by atoms with van der Waals surface area (Å²) in [7, 11) is 0. The van der Waals surface area contributed by atoms with Crippen molar-refractivity contribution in [1.29, 1.82) is 0 Å². The van der Waals surface area contributed by atoms with Gasteiger partial charge in [-0.2, -0.15) is 0 Å². The monoisotopic (exact) mass is 454 g/mol. The van der Waals surface area contributed by atoms with E-state index in [1.165, 1.54) is 0 Å². The molecule has 0 fully saturated rings. The van der Waals surface area contributed by atoms with Gasteiger partial charge in [0.25, 0.3) is 0 Å². The van der Waals surface area contributed by atoms with Crippen molar-refractivity contribution in [3.63, 3.8) is 0 Å². The molecule has 0 spiro atoms. The molecule has 0 heterocycles. The van der Waals surface area contributed by atoms with E-state index in [-0.39, 0.29) is 24.9 Å². The lowest BCUT2D eigenvalue weighted by Gasteiger charge is -2.24. The van der Waals surface area contributed by atoms with Crippen LogP contribution in [0.2, 0.25) is 0 Å². The van der Waals surface area contributed by atoms with Gasteiger partial charge >= 0.3 is 12.1 Å². The van der Waals surface area contributed by atoms with E-state index in [2.05, 4.69) is 22.8 Å². The molecule has 0 saturated heterocycles. The highest BCUT2D eigenvalue weighted by atomic mass is 16.5. The Kier molecular flexibility index (Phi) is 7.38. The molecule has 2 atom stereocenters. The fraction of sp³-hybridized carbons (Fsp3) is 0.400. The van der Waals surface area contributed by atoms with Crippen LogP contribution in [-0.2, 0) is 14.3 Å². The van der Waals surface area contributed by atoms with Crippen LogP contribution < -0.4 is 10.6 Å². The average Bonchev–Trinajstić information content (AvgIpc) is 3.09. The first-order valence-corrected chi connectivity index (χ1v) is 10.9. The molecule has 8 heteroatoms. The predicted octanol–water partition coefficient (Wildman–Crippen LogP) is 2.89. The molecule has 1 unspecified atom stereocenters. The number of rotatable bonds is 9. The Morgan fingerprint density at radius 1 is 1.03 bits per heavy atom. The van der Waals surface area contributed by atoms with Crippen LogP contribution in [0.1, 0.15) is 44.2 Å². The van der Waals surface area contributed by atoms with Crippen molar-refractivity contribution in [3.8, 4) is 11.1 Å². The van der Waals surface area contributed by atoms with Gasteiger partial charge in [0.05, 0.1) is 6.54 Å². The first-order valence-electron chi connectivity index (χ1n) is 10.9. The quantitative estimate of drug-likeness (QED) is 0.462. The van der Waals surface area contributed by atoms with Gasteiger partial charge in [0.1, 0.15) is 6.61 Å². The highest BCUT2D eigenvalue weighted by Gasteiger charge is 2.32. The fourth-order valence-corrected chi connectivity index (χ4v) is 3.86. The highest BCUT2D eigenvalue weighted by molar-refractivity contribution is 5.81. The molecule has 3 rings (SSSR count). The van der Waals surface area contributed by atoms with Gasteiger partial charge in [0.15, 0.2) is 5.60 Å². The zero-order chi connectivity index (χ0) is 24.2. The van der Waals surface area contributed by atoms with Gasteiger partial charge in [-0.25, -0.2) is 9.59 Å². The van der Waals surface area contributed by atoms with Crippen LogP contribution >= 0.6 is 0 Å². The lowest BCUT2D eigenvalue weighted by Crippen LogP contribution is -2.48. The van der Waals surface area contributed by atoms with E-state index in [0.29, 0.717) is 0 Å². The maximum atomic E-state index is 12.5. The number of aliphatic carboxylic acids is 1. The SMILES string of the molecule is CC(C)[C@H](CC(=O)NCC(C)(O)C(=O)O)NC(=O)OCC1c2ccccc2-c2ccccc21. The topological polar surface area (TPSA) is 125 Å². The number of carboxylic acid groups (broad SMARTS) is 1. The highest BCUT2D eigenvalue weighted by Crippen LogP contribution is 2.44. The second-order valence-corrected chi connectivity index (χ2v) is 8.88. The molecule has 1 aliphatic rings. The molecule has 0 saturated carbocycles. The molecule has 8 nitrogen and oxygen atoms in total. The average molecular weight is 455 g/mol. The summed E-state index contributed by atoms with van der Waals surface area (Å²) >= 11 is 0. The maximum Gasteiger partial charge on any atom is 0.407 e. The van der Waals surface area contributed by atoms with Gasteiger partial charge in [0.2, 0.25) is 5.91 Å². The molecule has 0 bridgehead atoms. The third kappa shape index (κ3) is 5.70. The number of aliphatic hydroxyl groups is 1. The second kappa shape index (κ2) is 10.0. The Bertz CT molecular complexity index is 988. The summed E-state index contributed by atoms with van der Waals surface area (Å²) in [6, 6.07) is 15.6. The first-order chi connectivity index (χ1) is 15.6. The molecular formula is C25H30N2O6. The van der Waals surface area contributed by atoms with Gasteiger partial charge in [-0.15, -0.1) is 0 Å². The Hall–Kier alpha value is -3.39. The van der Waals surface area contributed by atoms with Crippen LogP contribution in [0.15, 0.2) is 48.5 Å². The first kappa shape index (κ1) is 24.3.